The van der Waals surface area contributed by atoms with Crippen LogP contribution in [0.2, 0.25) is 0 Å². The first-order valence-corrected chi connectivity index (χ1v) is 7.82. The van der Waals surface area contributed by atoms with Crippen molar-refractivity contribution in [1.82, 2.24) is 5.32 Å². The van der Waals surface area contributed by atoms with E-state index in [-0.39, 0.29) is 12.4 Å². The van der Waals surface area contributed by atoms with Gasteiger partial charge in [0, 0.05) is 13.8 Å². The van der Waals surface area contributed by atoms with Crippen LogP contribution in [0.3, 0.4) is 0 Å². The molecule has 0 radical (unpaired) electrons. The van der Waals surface area contributed by atoms with Gasteiger partial charge in [-0.3, -0.25) is 9.59 Å². The zero-order chi connectivity index (χ0) is 20.0. The van der Waals surface area contributed by atoms with Crippen molar-refractivity contribution in [2.24, 2.45) is 0 Å². The first-order valence-electron chi connectivity index (χ1n) is 7.82. The fourth-order valence-electron chi connectivity index (χ4n) is 2.50. The Morgan fingerprint density at radius 2 is 1.88 bits per heavy atom. The molecule has 0 saturated carbocycles. The van der Waals surface area contributed by atoms with E-state index in [0.29, 0.717) is 0 Å². The minimum atomic E-state index is -1.80. The molecular weight excluding hydrogens is 354 g/mol. The molecule has 0 aliphatic carbocycles. The average Bonchev–Trinajstić information content (AvgIpc) is 2.55. The van der Waals surface area contributed by atoms with Crippen LogP contribution in [0.25, 0.3) is 0 Å². The summed E-state index contributed by atoms with van der Waals surface area (Å²) < 4.78 is 15.6. The first-order chi connectivity index (χ1) is 12.1. The summed E-state index contributed by atoms with van der Waals surface area (Å²) in [6, 6.07) is -1.28. The largest absolute Gasteiger partial charge is 0.490 e. The predicted molar refractivity (Wildman–Crippen MR) is 83.4 cm³/mol. The molecule has 1 aliphatic rings. The molecule has 0 bridgehead atoms. The number of carboxylic acids is 1. The molecule has 5 N–H and O–H groups in total. The number of aliphatic hydroxyl groups excluding tert-OH is 3. The third-order valence-electron chi connectivity index (χ3n) is 3.49. The lowest BCUT2D eigenvalue weighted by Gasteiger charge is -2.41. The lowest BCUT2D eigenvalue weighted by molar-refractivity contribution is -0.169. The van der Waals surface area contributed by atoms with Gasteiger partial charge in [0.05, 0.1) is 13.2 Å². The summed E-state index contributed by atoms with van der Waals surface area (Å²) in [5.74, 6) is -4.06. The predicted octanol–water partition coefficient (Wildman–Crippen LogP) is -2.13. The molecule has 0 saturated heterocycles. The number of amides is 1. The first kappa shape index (κ1) is 21.7. The van der Waals surface area contributed by atoms with Crippen molar-refractivity contribution in [3.8, 4) is 0 Å². The standard InChI is InChI=1S/C15H23NO10/c1-4-24-13-12(25-7(3)19)9(16-6(2)18)11(10(21)8(20)5-17)26-14(13)15(22)23/h8-12,17,20-21H,4-5H2,1-3H3,(H,16,18)(H,22,23)/t8-,9+,10-,11-,12-/m1/s1. The zero-order valence-corrected chi connectivity index (χ0v) is 14.5. The molecule has 1 aliphatic heterocycles. The Balaban J connectivity index is 3.48. The van der Waals surface area contributed by atoms with Crippen molar-refractivity contribution >= 4 is 17.8 Å². The Kier molecular flexibility index (Phi) is 7.80. The maximum absolute atomic E-state index is 11.6. The van der Waals surface area contributed by atoms with E-state index in [1.165, 1.54) is 0 Å². The van der Waals surface area contributed by atoms with Crippen LogP contribution in [0.1, 0.15) is 20.8 Å². The summed E-state index contributed by atoms with van der Waals surface area (Å²) in [6.45, 7) is 2.93. The van der Waals surface area contributed by atoms with Crippen LogP contribution < -0.4 is 5.32 Å². The monoisotopic (exact) mass is 377 g/mol. The maximum Gasteiger partial charge on any atom is 0.374 e. The quantitative estimate of drug-likeness (QED) is 0.294. The highest BCUT2D eigenvalue weighted by Gasteiger charge is 2.49. The fraction of sp³-hybridized carbons (Fsp3) is 0.667. The number of carbonyl (C=O) groups excluding carboxylic acids is 2. The number of hydrogen-bond donors (Lipinski definition) is 5. The lowest BCUT2D eigenvalue weighted by Crippen LogP contribution is -2.62. The highest BCUT2D eigenvalue weighted by atomic mass is 16.6. The second-order valence-corrected chi connectivity index (χ2v) is 5.51. The number of aliphatic carboxylic acids is 1. The normalized spacial score (nSPS) is 24.9. The molecule has 0 aromatic rings. The molecule has 1 amide bonds. The number of carbonyl (C=O) groups is 3. The van der Waals surface area contributed by atoms with Gasteiger partial charge in [-0.2, -0.15) is 0 Å². The van der Waals surface area contributed by atoms with E-state index in [1.54, 1.807) is 6.92 Å². The molecule has 11 heteroatoms. The van der Waals surface area contributed by atoms with Gasteiger partial charge >= 0.3 is 11.9 Å². The molecule has 0 fully saturated rings. The lowest BCUT2D eigenvalue weighted by atomic mass is 9.92. The van der Waals surface area contributed by atoms with Gasteiger partial charge in [-0.15, -0.1) is 0 Å². The molecule has 0 spiro atoms. The zero-order valence-electron chi connectivity index (χ0n) is 14.5. The van der Waals surface area contributed by atoms with Crippen molar-refractivity contribution in [3.63, 3.8) is 0 Å². The van der Waals surface area contributed by atoms with Crippen LogP contribution in [-0.4, -0.2) is 81.9 Å². The summed E-state index contributed by atoms with van der Waals surface area (Å²) in [5.41, 5.74) is 0. The number of hydrogen-bond acceptors (Lipinski definition) is 9. The Morgan fingerprint density at radius 3 is 2.31 bits per heavy atom. The maximum atomic E-state index is 11.6. The molecule has 0 unspecified atom stereocenters. The molecular formula is C15H23NO10. The molecule has 0 aromatic heterocycles. The second kappa shape index (κ2) is 9.36. The Morgan fingerprint density at radius 1 is 1.27 bits per heavy atom. The van der Waals surface area contributed by atoms with Gasteiger partial charge in [-0.25, -0.2) is 4.79 Å². The number of nitrogens with one attached hydrogen (secondary N) is 1. The molecule has 11 nitrogen and oxygen atoms in total. The molecule has 26 heavy (non-hydrogen) atoms. The van der Waals surface area contributed by atoms with Gasteiger partial charge in [0.15, 0.2) is 18.0 Å². The van der Waals surface area contributed by atoms with Crippen LogP contribution >= 0.6 is 0 Å². The minimum absolute atomic E-state index is 0.00646. The highest BCUT2D eigenvalue weighted by Crippen LogP contribution is 2.31. The van der Waals surface area contributed by atoms with E-state index in [2.05, 4.69) is 5.32 Å². The second-order valence-electron chi connectivity index (χ2n) is 5.51. The summed E-state index contributed by atoms with van der Waals surface area (Å²) in [6.07, 6.45) is -6.46. The van der Waals surface area contributed by atoms with Crippen LogP contribution in [0.5, 0.6) is 0 Å². The molecule has 1 heterocycles. The Hall–Kier alpha value is -2.37. The minimum Gasteiger partial charge on any atom is -0.490 e. The summed E-state index contributed by atoms with van der Waals surface area (Å²) in [5, 5.41) is 40.7. The van der Waals surface area contributed by atoms with Gasteiger partial charge in [-0.1, -0.05) is 0 Å². The highest BCUT2D eigenvalue weighted by molar-refractivity contribution is 5.85. The van der Waals surface area contributed by atoms with Crippen molar-refractivity contribution in [2.45, 2.75) is 51.2 Å². The van der Waals surface area contributed by atoms with E-state index in [9.17, 15) is 29.7 Å². The number of esters is 1. The van der Waals surface area contributed by atoms with E-state index in [4.69, 9.17) is 19.3 Å². The van der Waals surface area contributed by atoms with Gasteiger partial charge < -0.3 is 40.0 Å². The van der Waals surface area contributed by atoms with Crippen molar-refractivity contribution in [3.05, 3.63) is 11.5 Å². The summed E-state index contributed by atoms with van der Waals surface area (Å²) in [7, 11) is 0. The van der Waals surface area contributed by atoms with Crippen LogP contribution in [0.15, 0.2) is 11.5 Å². The van der Waals surface area contributed by atoms with Gasteiger partial charge in [-0.05, 0) is 6.92 Å². The topological polar surface area (TPSA) is 172 Å². The molecule has 1 rings (SSSR count). The number of carboxylic acid groups (broad SMARTS) is 1. The third kappa shape index (κ3) is 5.07. The SMILES string of the molecule is CCOC1=C(C(=O)O)O[C@@H]([C@H](O)[C@H](O)CO)[C@H](NC(C)=O)[C@H]1OC(C)=O. The van der Waals surface area contributed by atoms with Gasteiger partial charge in [0.1, 0.15) is 18.2 Å². The summed E-state index contributed by atoms with van der Waals surface area (Å²) >= 11 is 0. The molecule has 148 valence electrons. The summed E-state index contributed by atoms with van der Waals surface area (Å²) in [4.78, 5) is 34.6. The van der Waals surface area contributed by atoms with Crippen molar-refractivity contribution in [1.29, 1.82) is 0 Å². The smallest absolute Gasteiger partial charge is 0.374 e. The van der Waals surface area contributed by atoms with Crippen LogP contribution in [-0.2, 0) is 28.6 Å². The van der Waals surface area contributed by atoms with Crippen LogP contribution in [0, 0.1) is 0 Å². The molecule has 0 aromatic carbocycles. The van der Waals surface area contributed by atoms with E-state index < -0.39 is 60.7 Å². The average molecular weight is 377 g/mol. The van der Waals surface area contributed by atoms with Crippen molar-refractivity contribution in [2.75, 3.05) is 13.2 Å². The Labute approximate surface area is 149 Å². The van der Waals surface area contributed by atoms with Crippen molar-refractivity contribution < 1.29 is 49.0 Å². The number of ether oxygens (including phenoxy) is 3. The third-order valence-corrected chi connectivity index (χ3v) is 3.49. The fourth-order valence-corrected chi connectivity index (χ4v) is 2.50. The van der Waals surface area contributed by atoms with Gasteiger partial charge in [0.25, 0.3) is 0 Å². The van der Waals surface area contributed by atoms with E-state index in [1.807, 2.05) is 0 Å². The Bertz CT molecular complexity index is 575. The number of rotatable bonds is 8. The van der Waals surface area contributed by atoms with Crippen LogP contribution in [0.4, 0.5) is 0 Å². The van der Waals surface area contributed by atoms with Gasteiger partial charge in [0.2, 0.25) is 11.7 Å². The van der Waals surface area contributed by atoms with E-state index >= 15 is 0 Å². The number of aliphatic hydroxyl groups is 3. The molecule has 5 atom stereocenters. The van der Waals surface area contributed by atoms with E-state index in [0.717, 1.165) is 13.8 Å².